The highest BCUT2D eigenvalue weighted by molar-refractivity contribution is 6.02. The first-order valence-corrected chi connectivity index (χ1v) is 10.3. The summed E-state index contributed by atoms with van der Waals surface area (Å²) >= 11 is 0. The minimum Gasteiger partial charge on any atom is -0.497 e. The Balaban J connectivity index is 1.57. The molecule has 1 atom stereocenters. The van der Waals surface area contributed by atoms with Crippen molar-refractivity contribution in [2.75, 3.05) is 14.2 Å². The van der Waals surface area contributed by atoms with Gasteiger partial charge in [-0.05, 0) is 36.6 Å². The van der Waals surface area contributed by atoms with E-state index in [1.165, 1.54) is 0 Å². The summed E-state index contributed by atoms with van der Waals surface area (Å²) in [6.45, 7) is 1.85. The number of benzene rings is 3. The standard InChI is InChI=1S/C26H26N2O3/c1-18(22-15-14-21(30-2)16-24(22)31-3)27-28-25(29)23-17-26(23,19-10-6-4-7-11-19)20-12-8-5-9-13-20/h4-16,23H,17H2,1-3H3,(H,28,29). The molecule has 1 aliphatic carbocycles. The van der Waals surface area contributed by atoms with E-state index >= 15 is 0 Å². The van der Waals surface area contributed by atoms with Gasteiger partial charge in [0.15, 0.2) is 0 Å². The normalized spacial score (nSPS) is 17.0. The maximum atomic E-state index is 13.1. The van der Waals surface area contributed by atoms with Crippen molar-refractivity contribution in [3.8, 4) is 11.5 Å². The summed E-state index contributed by atoms with van der Waals surface area (Å²) in [6, 6.07) is 26.0. The topological polar surface area (TPSA) is 59.9 Å². The lowest BCUT2D eigenvalue weighted by atomic mass is 9.85. The maximum Gasteiger partial charge on any atom is 0.244 e. The number of methoxy groups -OCH3 is 2. The van der Waals surface area contributed by atoms with E-state index in [0.29, 0.717) is 17.2 Å². The van der Waals surface area contributed by atoms with Crippen molar-refractivity contribution in [3.05, 3.63) is 95.6 Å². The number of ether oxygens (including phenoxy) is 2. The molecule has 1 aliphatic rings. The summed E-state index contributed by atoms with van der Waals surface area (Å²) in [4.78, 5) is 13.1. The predicted octanol–water partition coefficient (Wildman–Crippen LogP) is 4.55. The molecule has 0 radical (unpaired) electrons. The lowest BCUT2D eigenvalue weighted by Crippen LogP contribution is -2.26. The molecule has 0 aromatic heterocycles. The molecule has 31 heavy (non-hydrogen) atoms. The Morgan fingerprint density at radius 3 is 2.10 bits per heavy atom. The van der Waals surface area contributed by atoms with Crippen molar-refractivity contribution in [2.24, 2.45) is 11.0 Å². The third kappa shape index (κ3) is 3.91. The average Bonchev–Trinajstić information content (AvgIpc) is 3.60. The minimum atomic E-state index is -0.312. The van der Waals surface area contributed by atoms with Crippen LogP contribution in [0.15, 0.2) is 84.0 Å². The lowest BCUT2D eigenvalue weighted by molar-refractivity contribution is -0.122. The first-order chi connectivity index (χ1) is 15.1. The third-order valence-corrected chi connectivity index (χ3v) is 5.99. The van der Waals surface area contributed by atoms with Crippen LogP contribution < -0.4 is 14.9 Å². The van der Waals surface area contributed by atoms with Crippen LogP contribution >= 0.6 is 0 Å². The quantitative estimate of drug-likeness (QED) is 0.456. The van der Waals surface area contributed by atoms with Crippen molar-refractivity contribution in [2.45, 2.75) is 18.8 Å². The second kappa shape index (κ2) is 8.64. The highest BCUT2D eigenvalue weighted by atomic mass is 16.5. The van der Waals surface area contributed by atoms with Crippen molar-refractivity contribution >= 4 is 11.6 Å². The van der Waals surface area contributed by atoms with Crippen molar-refractivity contribution in [1.29, 1.82) is 0 Å². The third-order valence-electron chi connectivity index (χ3n) is 5.99. The molecule has 1 unspecified atom stereocenters. The van der Waals surface area contributed by atoms with Crippen LogP contribution in [0, 0.1) is 5.92 Å². The molecule has 0 spiro atoms. The maximum absolute atomic E-state index is 13.1. The molecular weight excluding hydrogens is 388 g/mol. The minimum absolute atomic E-state index is 0.0838. The fraction of sp³-hybridized carbons (Fsp3) is 0.231. The van der Waals surface area contributed by atoms with Gasteiger partial charge in [0.1, 0.15) is 11.5 Å². The summed E-state index contributed by atoms with van der Waals surface area (Å²) in [5.74, 6) is 1.08. The van der Waals surface area contributed by atoms with Crippen molar-refractivity contribution in [3.63, 3.8) is 0 Å². The zero-order valence-electron chi connectivity index (χ0n) is 18.0. The molecule has 5 heteroatoms. The molecule has 5 nitrogen and oxygen atoms in total. The molecule has 1 saturated carbocycles. The van der Waals surface area contributed by atoms with Crippen LogP contribution in [0.5, 0.6) is 11.5 Å². The molecule has 1 N–H and O–H groups in total. The van der Waals surface area contributed by atoms with Crippen LogP contribution in [-0.2, 0) is 10.2 Å². The molecule has 0 saturated heterocycles. The number of rotatable bonds is 7. The van der Waals surface area contributed by atoms with E-state index in [0.717, 1.165) is 23.1 Å². The number of hydrogen-bond acceptors (Lipinski definition) is 4. The van der Waals surface area contributed by atoms with E-state index < -0.39 is 0 Å². The van der Waals surface area contributed by atoms with Crippen molar-refractivity contribution < 1.29 is 14.3 Å². The first kappa shape index (κ1) is 20.7. The van der Waals surface area contributed by atoms with Gasteiger partial charge in [-0.1, -0.05) is 60.7 Å². The zero-order valence-corrected chi connectivity index (χ0v) is 18.0. The van der Waals surface area contributed by atoms with Crippen LogP contribution in [0.2, 0.25) is 0 Å². The highest BCUT2D eigenvalue weighted by Crippen LogP contribution is 2.58. The summed E-state index contributed by atoms with van der Waals surface area (Å²) < 4.78 is 10.7. The van der Waals surface area contributed by atoms with Gasteiger partial charge in [-0.25, -0.2) is 5.43 Å². The number of nitrogens with one attached hydrogen (secondary N) is 1. The SMILES string of the molecule is COc1ccc(C(C)=NNC(=O)C2CC2(c2ccccc2)c2ccccc2)c(OC)c1. The van der Waals surface area contributed by atoms with E-state index in [-0.39, 0.29) is 17.2 Å². The van der Waals surface area contributed by atoms with E-state index in [1.807, 2.05) is 55.5 Å². The largest absolute Gasteiger partial charge is 0.497 e. The van der Waals surface area contributed by atoms with Gasteiger partial charge in [0, 0.05) is 17.0 Å². The Bertz CT molecular complexity index is 1050. The van der Waals surface area contributed by atoms with Gasteiger partial charge >= 0.3 is 0 Å². The van der Waals surface area contributed by atoms with Gasteiger partial charge in [0.2, 0.25) is 5.91 Å². The highest BCUT2D eigenvalue weighted by Gasteiger charge is 2.60. The lowest BCUT2D eigenvalue weighted by Gasteiger charge is -2.18. The number of hydrogen-bond donors (Lipinski definition) is 1. The summed E-state index contributed by atoms with van der Waals surface area (Å²) in [6.07, 6.45) is 0.757. The van der Waals surface area contributed by atoms with Crippen LogP contribution in [0.4, 0.5) is 0 Å². The van der Waals surface area contributed by atoms with E-state index in [9.17, 15) is 4.79 Å². The van der Waals surface area contributed by atoms with Gasteiger partial charge < -0.3 is 9.47 Å². The van der Waals surface area contributed by atoms with Crippen LogP contribution in [-0.4, -0.2) is 25.8 Å². The Morgan fingerprint density at radius 2 is 1.55 bits per heavy atom. The first-order valence-electron chi connectivity index (χ1n) is 10.3. The molecule has 0 aliphatic heterocycles. The van der Waals surface area contributed by atoms with Gasteiger partial charge in [-0.2, -0.15) is 5.10 Å². The van der Waals surface area contributed by atoms with Crippen LogP contribution in [0.25, 0.3) is 0 Å². The Labute approximate surface area is 182 Å². The van der Waals surface area contributed by atoms with Gasteiger partial charge in [-0.15, -0.1) is 0 Å². The molecule has 1 amide bonds. The number of hydrazone groups is 1. The van der Waals surface area contributed by atoms with Gasteiger partial charge in [0.05, 0.1) is 25.8 Å². The van der Waals surface area contributed by atoms with E-state index in [1.54, 1.807) is 20.3 Å². The molecule has 4 rings (SSSR count). The summed E-state index contributed by atoms with van der Waals surface area (Å²) in [7, 11) is 3.21. The number of carbonyl (C=O) groups is 1. The zero-order chi connectivity index (χ0) is 21.8. The molecule has 0 heterocycles. The summed E-state index contributed by atoms with van der Waals surface area (Å²) in [5.41, 5.74) is 6.24. The number of nitrogens with zero attached hydrogens (tertiary/aromatic N) is 1. The monoisotopic (exact) mass is 414 g/mol. The van der Waals surface area contributed by atoms with Crippen LogP contribution in [0.1, 0.15) is 30.0 Å². The predicted molar refractivity (Wildman–Crippen MR) is 122 cm³/mol. The summed E-state index contributed by atoms with van der Waals surface area (Å²) in [5, 5.41) is 4.37. The Morgan fingerprint density at radius 1 is 0.935 bits per heavy atom. The smallest absolute Gasteiger partial charge is 0.244 e. The second-order valence-electron chi connectivity index (χ2n) is 7.70. The Kier molecular flexibility index (Phi) is 5.76. The second-order valence-corrected chi connectivity index (χ2v) is 7.70. The van der Waals surface area contributed by atoms with E-state index in [4.69, 9.17) is 9.47 Å². The van der Waals surface area contributed by atoms with Crippen molar-refractivity contribution in [1.82, 2.24) is 5.43 Å². The van der Waals surface area contributed by atoms with Gasteiger partial charge in [-0.3, -0.25) is 4.79 Å². The van der Waals surface area contributed by atoms with Gasteiger partial charge in [0.25, 0.3) is 0 Å². The Hall–Kier alpha value is -3.60. The molecule has 158 valence electrons. The van der Waals surface area contributed by atoms with E-state index in [2.05, 4.69) is 34.8 Å². The van der Waals surface area contributed by atoms with Crippen LogP contribution in [0.3, 0.4) is 0 Å². The molecule has 3 aromatic carbocycles. The molecule has 3 aromatic rings. The molecule has 0 bridgehead atoms. The fourth-order valence-corrected chi connectivity index (χ4v) is 4.23. The fourth-order valence-electron chi connectivity index (χ4n) is 4.23. The number of amides is 1. The number of carbonyl (C=O) groups excluding carboxylic acids is 1. The molecule has 1 fully saturated rings. The average molecular weight is 415 g/mol. The molecular formula is C26H26N2O3.